The molecule has 1 amide bonds. The van der Waals surface area contributed by atoms with Gasteiger partial charge in [0.05, 0.1) is 21.9 Å². The molecule has 12 heteroatoms. The molecule has 7 nitrogen and oxygen atoms in total. The molecule has 1 heterocycles. The molecular formula is C21H17F5N4O3. The summed E-state index contributed by atoms with van der Waals surface area (Å²) < 4.78 is 68.3. The van der Waals surface area contributed by atoms with Gasteiger partial charge < -0.3 is 5.32 Å². The Morgan fingerprint density at radius 2 is 1.79 bits per heavy atom. The highest BCUT2D eigenvalue weighted by Gasteiger charge is 2.36. The predicted octanol–water partition coefficient (Wildman–Crippen LogP) is 5.90. The number of hydrogen-bond donors (Lipinski definition) is 1. The van der Waals surface area contributed by atoms with E-state index in [1.807, 2.05) is 0 Å². The molecule has 1 aromatic heterocycles. The second kappa shape index (κ2) is 8.60. The quantitative estimate of drug-likeness (QED) is 0.287. The zero-order chi connectivity index (χ0) is 24.7. The van der Waals surface area contributed by atoms with Crippen molar-refractivity contribution in [2.45, 2.75) is 33.0 Å². The van der Waals surface area contributed by atoms with E-state index in [1.165, 1.54) is 13.0 Å². The summed E-state index contributed by atoms with van der Waals surface area (Å²) in [6.07, 6.45) is -4.77. The number of benzene rings is 2. The van der Waals surface area contributed by atoms with Gasteiger partial charge in [0.15, 0.2) is 17.3 Å². The Morgan fingerprint density at radius 3 is 2.36 bits per heavy atom. The molecule has 0 radical (unpaired) electrons. The number of nitro benzene ring substituents is 1. The lowest BCUT2D eigenvalue weighted by molar-refractivity contribution is -0.384. The molecule has 3 aromatic rings. The van der Waals surface area contributed by atoms with Crippen molar-refractivity contribution >= 4 is 17.3 Å². The molecule has 3 rings (SSSR count). The van der Waals surface area contributed by atoms with Crippen LogP contribution in [0.15, 0.2) is 36.4 Å². The molecule has 0 aliphatic heterocycles. The molecule has 0 saturated carbocycles. The minimum absolute atomic E-state index is 0.0190. The summed E-state index contributed by atoms with van der Waals surface area (Å²) in [5, 5.41) is 17.3. The van der Waals surface area contributed by atoms with Crippen LogP contribution in [-0.2, 0) is 6.18 Å². The number of alkyl halides is 3. The number of nitro groups is 1. The van der Waals surface area contributed by atoms with Gasteiger partial charge in [-0.05, 0) is 50.6 Å². The van der Waals surface area contributed by atoms with Crippen molar-refractivity contribution in [2.24, 2.45) is 0 Å². The molecule has 0 bridgehead atoms. The normalized spacial score (nSPS) is 11.7. The van der Waals surface area contributed by atoms with Crippen LogP contribution < -0.4 is 5.32 Å². The van der Waals surface area contributed by atoms with Gasteiger partial charge in [0.2, 0.25) is 0 Å². The average Bonchev–Trinajstić information content (AvgIpc) is 3.20. The van der Waals surface area contributed by atoms with Gasteiger partial charge in [0, 0.05) is 17.7 Å². The van der Waals surface area contributed by atoms with Gasteiger partial charge in [-0.3, -0.25) is 19.6 Å². The van der Waals surface area contributed by atoms with Crippen molar-refractivity contribution in [1.29, 1.82) is 0 Å². The van der Waals surface area contributed by atoms with Crippen LogP contribution in [0.2, 0.25) is 0 Å². The molecule has 0 fully saturated rings. The number of hydrogen-bond acceptors (Lipinski definition) is 4. The van der Waals surface area contributed by atoms with E-state index in [-0.39, 0.29) is 22.4 Å². The lowest BCUT2D eigenvalue weighted by atomic mass is 10.0. The summed E-state index contributed by atoms with van der Waals surface area (Å²) in [7, 11) is 0. The number of halogens is 5. The molecule has 2 aromatic carbocycles. The van der Waals surface area contributed by atoms with Crippen molar-refractivity contribution in [3.63, 3.8) is 0 Å². The molecule has 33 heavy (non-hydrogen) atoms. The minimum Gasteiger partial charge on any atom is -0.319 e. The lowest BCUT2D eigenvalue weighted by Gasteiger charge is -2.12. The van der Waals surface area contributed by atoms with E-state index in [0.29, 0.717) is 6.07 Å². The molecule has 1 N–H and O–H groups in total. The van der Waals surface area contributed by atoms with Crippen LogP contribution in [-0.4, -0.2) is 20.6 Å². The fourth-order valence-corrected chi connectivity index (χ4v) is 3.11. The highest BCUT2D eigenvalue weighted by molar-refractivity contribution is 6.05. The highest BCUT2D eigenvalue weighted by atomic mass is 19.4. The van der Waals surface area contributed by atoms with E-state index in [0.717, 1.165) is 28.9 Å². The van der Waals surface area contributed by atoms with Crippen LogP contribution >= 0.6 is 0 Å². The van der Waals surface area contributed by atoms with E-state index < -0.39 is 51.8 Å². The number of anilines is 1. The zero-order valence-corrected chi connectivity index (χ0v) is 17.5. The van der Waals surface area contributed by atoms with Crippen molar-refractivity contribution in [3.05, 3.63) is 75.0 Å². The minimum atomic E-state index is -4.77. The summed E-state index contributed by atoms with van der Waals surface area (Å²) >= 11 is 0. The monoisotopic (exact) mass is 468 g/mol. The van der Waals surface area contributed by atoms with Crippen LogP contribution in [0.3, 0.4) is 0 Å². The van der Waals surface area contributed by atoms with Gasteiger partial charge in [0.1, 0.15) is 0 Å². The third-order valence-corrected chi connectivity index (χ3v) is 4.77. The fourth-order valence-electron chi connectivity index (χ4n) is 3.11. The first-order valence-corrected chi connectivity index (χ1v) is 9.52. The molecule has 0 aliphatic carbocycles. The van der Waals surface area contributed by atoms with E-state index in [9.17, 15) is 36.9 Å². The number of nitrogens with one attached hydrogen (secondary N) is 1. The van der Waals surface area contributed by atoms with Crippen LogP contribution in [0.4, 0.5) is 33.3 Å². The van der Waals surface area contributed by atoms with Crippen LogP contribution in [0.1, 0.15) is 41.5 Å². The molecule has 0 atom stereocenters. The molecule has 0 spiro atoms. The Morgan fingerprint density at radius 1 is 1.12 bits per heavy atom. The number of aryl methyl sites for hydroxylation is 1. The Labute approximate surface area is 184 Å². The molecule has 174 valence electrons. The van der Waals surface area contributed by atoms with Crippen molar-refractivity contribution < 1.29 is 31.7 Å². The van der Waals surface area contributed by atoms with E-state index >= 15 is 0 Å². The third-order valence-electron chi connectivity index (χ3n) is 4.77. The first-order valence-electron chi connectivity index (χ1n) is 9.52. The lowest BCUT2D eigenvalue weighted by Crippen LogP contribution is -2.14. The van der Waals surface area contributed by atoms with Gasteiger partial charge in [0.25, 0.3) is 11.6 Å². The number of amides is 1. The van der Waals surface area contributed by atoms with Crippen LogP contribution in [0, 0.1) is 28.7 Å². The SMILES string of the molecule is Cc1ccc(NC(=O)c2ccc(-c3cc(C(F)(F)F)nn3C(C)C)c([N+](=O)[O-])c2)c(F)c1F. The number of carbonyl (C=O) groups excluding carboxylic acids is 1. The van der Waals surface area contributed by atoms with E-state index in [2.05, 4.69) is 10.4 Å². The topological polar surface area (TPSA) is 90.1 Å². The summed E-state index contributed by atoms with van der Waals surface area (Å²) in [5.74, 6) is -3.42. The van der Waals surface area contributed by atoms with Crippen LogP contribution in [0.5, 0.6) is 0 Å². The largest absolute Gasteiger partial charge is 0.435 e. The van der Waals surface area contributed by atoms with Crippen molar-refractivity contribution in [1.82, 2.24) is 9.78 Å². The number of aromatic nitrogens is 2. The second-order valence-electron chi connectivity index (χ2n) is 7.45. The Hall–Kier alpha value is -3.83. The van der Waals surface area contributed by atoms with Crippen LogP contribution in [0.25, 0.3) is 11.3 Å². The fraction of sp³-hybridized carbons (Fsp3) is 0.238. The smallest absolute Gasteiger partial charge is 0.319 e. The van der Waals surface area contributed by atoms with E-state index in [1.54, 1.807) is 13.8 Å². The van der Waals surface area contributed by atoms with Gasteiger partial charge in [-0.2, -0.15) is 18.3 Å². The van der Waals surface area contributed by atoms with Gasteiger partial charge in [-0.1, -0.05) is 6.07 Å². The van der Waals surface area contributed by atoms with E-state index in [4.69, 9.17) is 0 Å². The van der Waals surface area contributed by atoms with Gasteiger partial charge in [-0.15, -0.1) is 0 Å². The Bertz CT molecular complexity index is 1250. The van der Waals surface area contributed by atoms with Crippen molar-refractivity contribution in [3.8, 4) is 11.3 Å². The third kappa shape index (κ3) is 4.69. The maximum absolute atomic E-state index is 14.1. The molecule has 0 aliphatic rings. The predicted molar refractivity (Wildman–Crippen MR) is 109 cm³/mol. The maximum atomic E-state index is 14.1. The highest BCUT2D eigenvalue weighted by Crippen LogP contribution is 2.37. The summed E-state index contributed by atoms with van der Waals surface area (Å²) in [4.78, 5) is 23.3. The first kappa shape index (κ1) is 23.8. The molecular weight excluding hydrogens is 451 g/mol. The average molecular weight is 468 g/mol. The Kier molecular flexibility index (Phi) is 6.21. The standard InChI is InChI=1S/C21H17F5N4O3/c1-10(2)29-15(9-17(28-29)21(24,25)26)13-6-5-12(8-16(13)30(32)33)20(31)27-14-7-4-11(3)18(22)19(14)23/h4-10H,1-3H3,(H,27,31). The summed E-state index contributed by atoms with van der Waals surface area (Å²) in [6.45, 7) is 4.44. The number of carbonyl (C=O) groups is 1. The summed E-state index contributed by atoms with van der Waals surface area (Å²) in [5.41, 5.74) is -2.97. The van der Waals surface area contributed by atoms with Gasteiger partial charge in [-0.25, -0.2) is 8.78 Å². The maximum Gasteiger partial charge on any atom is 0.435 e. The van der Waals surface area contributed by atoms with Gasteiger partial charge >= 0.3 is 6.18 Å². The number of rotatable bonds is 5. The summed E-state index contributed by atoms with van der Waals surface area (Å²) in [6, 6.07) is 5.59. The first-order chi connectivity index (χ1) is 15.3. The molecule has 0 unspecified atom stereocenters. The number of nitrogens with zero attached hydrogens (tertiary/aromatic N) is 3. The second-order valence-corrected chi connectivity index (χ2v) is 7.45. The Balaban J connectivity index is 2.05. The van der Waals surface area contributed by atoms with Crippen molar-refractivity contribution in [2.75, 3.05) is 5.32 Å². The zero-order valence-electron chi connectivity index (χ0n) is 17.5. The molecule has 0 saturated heterocycles.